The standard InChI is InChI=1S/C18H20N2/c1-19-11-10-18-16-8-4-2-6-14(16)12-15-7-3-5-9-17(15)20(18)13-19/h2-9,18H,10-13H2,1H3. The predicted molar refractivity (Wildman–Crippen MR) is 83.0 cm³/mol. The summed E-state index contributed by atoms with van der Waals surface area (Å²) in [7, 11) is 2.22. The number of hydrogen-bond acceptors (Lipinski definition) is 2. The van der Waals surface area contributed by atoms with Gasteiger partial charge in [-0.05, 0) is 42.6 Å². The van der Waals surface area contributed by atoms with Gasteiger partial charge in [0.25, 0.3) is 0 Å². The zero-order chi connectivity index (χ0) is 13.5. The van der Waals surface area contributed by atoms with Gasteiger partial charge in [-0.2, -0.15) is 0 Å². The van der Waals surface area contributed by atoms with E-state index >= 15 is 0 Å². The van der Waals surface area contributed by atoms with Crippen LogP contribution in [0.15, 0.2) is 48.5 Å². The van der Waals surface area contributed by atoms with E-state index in [0.717, 1.165) is 13.1 Å². The first kappa shape index (κ1) is 12.0. The summed E-state index contributed by atoms with van der Waals surface area (Å²) in [6.07, 6.45) is 2.27. The average Bonchev–Trinajstić information content (AvgIpc) is 2.61. The molecule has 0 bridgehead atoms. The molecule has 2 aromatic rings. The molecule has 1 unspecified atom stereocenters. The number of anilines is 1. The number of nitrogens with zero attached hydrogens (tertiary/aromatic N) is 2. The fraction of sp³-hybridized carbons (Fsp3) is 0.333. The van der Waals surface area contributed by atoms with Gasteiger partial charge >= 0.3 is 0 Å². The molecular formula is C18H20N2. The molecular weight excluding hydrogens is 244 g/mol. The zero-order valence-electron chi connectivity index (χ0n) is 11.9. The summed E-state index contributed by atoms with van der Waals surface area (Å²) in [6, 6.07) is 18.4. The number of rotatable bonds is 0. The third-order valence-electron chi connectivity index (χ3n) is 4.65. The van der Waals surface area contributed by atoms with E-state index in [-0.39, 0.29) is 0 Å². The summed E-state index contributed by atoms with van der Waals surface area (Å²) in [4.78, 5) is 5.01. The topological polar surface area (TPSA) is 6.48 Å². The van der Waals surface area contributed by atoms with Crippen LogP contribution in [0.5, 0.6) is 0 Å². The normalized spacial score (nSPS) is 21.6. The van der Waals surface area contributed by atoms with E-state index in [4.69, 9.17) is 0 Å². The molecule has 1 atom stereocenters. The van der Waals surface area contributed by atoms with Gasteiger partial charge in [0.05, 0.1) is 12.7 Å². The SMILES string of the molecule is CN1CCC2c3ccccc3Cc3ccccc3N2C1. The van der Waals surface area contributed by atoms with Gasteiger partial charge in [-0.1, -0.05) is 42.5 Å². The van der Waals surface area contributed by atoms with E-state index in [9.17, 15) is 0 Å². The quantitative estimate of drug-likeness (QED) is 0.719. The molecule has 2 aliphatic heterocycles. The number of benzene rings is 2. The Morgan fingerprint density at radius 2 is 1.70 bits per heavy atom. The summed E-state index contributed by atoms with van der Waals surface area (Å²) in [5.74, 6) is 0. The molecule has 2 aromatic carbocycles. The van der Waals surface area contributed by atoms with E-state index < -0.39 is 0 Å². The highest BCUT2D eigenvalue weighted by Crippen LogP contribution is 2.40. The molecule has 0 amide bonds. The van der Waals surface area contributed by atoms with Crippen LogP contribution in [-0.4, -0.2) is 25.2 Å². The first-order valence-electron chi connectivity index (χ1n) is 7.44. The van der Waals surface area contributed by atoms with E-state index in [1.807, 2.05) is 0 Å². The van der Waals surface area contributed by atoms with E-state index in [0.29, 0.717) is 6.04 Å². The van der Waals surface area contributed by atoms with Crippen molar-refractivity contribution in [2.24, 2.45) is 0 Å². The maximum Gasteiger partial charge on any atom is 0.0711 e. The van der Waals surface area contributed by atoms with Gasteiger partial charge in [-0.3, -0.25) is 4.90 Å². The third-order valence-corrected chi connectivity index (χ3v) is 4.65. The first-order chi connectivity index (χ1) is 9.83. The second-order valence-electron chi connectivity index (χ2n) is 6.00. The average molecular weight is 264 g/mol. The van der Waals surface area contributed by atoms with Gasteiger partial charge in [0.2, 0.25) is 0 Å². The molecule has 1 fully saturated rings. The summed E-state index contributed by atoms with van der Waals surface area (Å²) in [5.41, 5.74) is 5.90. The Hall–Kier alpha value is -1.80. The highest BCUT2D eigenvalue weighted by atomic mass is 15.3. The van der Waals surface area contributed by atoms with Crippen molar-refractivity contribution in [3.63, 3.8) is 0 Å². The minimum Gasteiger partial charge on any atom is -0.351 e. The van der Waals surface area contributed by atoms with Crippen LogP contribution in [0.4, 0.5) is 5.69 Å². The van der Waals surface area contributed by atoms with Gasteiger partial charge in [-0.15, -0.1) is 0 Å². The van der Waals surface area contributed by atoms with Crippen molar-refractivity contribution < 1.29 is 0 Å². The monoisotopic (exact) mass is 264 g/mol. The molecule has 0 radical (unpaired) electrons. The fourth-order valence-electron chi connectivity index (χ4n) is 3.66. The molecule has 2 nitrogen and oxygen atoms in total. The predicted octanol–water partition coefficient (Wildman–Crippen LogP) is 3.43. The second kappa shape index (κ2) is 4.64. The fourth-order valence-corrected chi connectivity index (χ4v) is 3.66. The lowest BCUT2D eigenvalue weighted by Gasteiger charge is -2.42. The Kier molecular flexibility index (Phi) is 2.78. The number of hydrogen-bond donors (Lipinski definition) is 0. The summed E-state index contributed by atoms with van der Waals surface area (Å²) >= 11 is 0. The highest BCUT2D eigenvalue weighted by molar-refractivity contribution is 5.60. The van der Waals surface area contributed by atoms with E-state index in [1.54, 1.807) is 0 Å². The Morgan fingerprint density at radius 3 is 2.60 bits per heavy atom. The van der Waals surface area contributed by atoms with Crippen molar-refractivity contribution in [1.82, 2.24) is 4.90 Å². The van der Waals surface area contributed by atoms with Gasteiger partial charge in [0, 0.05) is 12.2 Å². The van der Waals surface area contributed by atoms with Crippen LogP contribution in [-0.2, 0) is 6.42 Å². The molecule has 0 aromatic heterocycles. The minimum absolute atomic E-state index is 0.533. The van der Waals surface area contributed by atoms with Crippen LogP contribution in [0.2, 0.25) is 0 Å². The van der Waals surface area contributed by atoms with Crippen LogP contribution in [0, 0.1) is 0 Å². The van der Waals surface area contributed by atoms with Crippen molar-refractivity contribution in [1.29, 1.82) is 0 Å². The zero-order valence-corrected chi connectivity index (χ0v) is 11.9. The second-order valence-corrected chi connectivity index (χ2v) is 6.00. The molecule has 2 heterocycles. The molecule has 2 aliphatic rings. The molecule has 20 heavy (non-hydrogen) atoms. The molecule has 0 aliphatic carbocycles. The number of para-hydroxylation sites is 1. The summed E-state index contributed by atoms with van der Waals surface area (Å²) < 4.78 is 0. The molecule has 1 saturated heterocycles. The molecule has 2 heteroatoms. The molecule has 102 valence electrons. The van der Waals surface area contributed by atoms with Gasteiger partial charge in [0.15, 0.2) is 0 Å². The van der Waals surface area contributed by atoms with E-state index in [1.165, 1.54) is 35.3 Å². The van der Waals surface area contributed by atoms with Crippen molar-refractivity contribution in [3.05, 3.63) is 65.2 Å². The first-order valence-corrected chi connectivity index (χ1v) is 7.44. The van der Waals surface area contributed by atoms with Crippen LogP contribution in [0.1, 0.15) is 29.2 Å². The minimum atomic E-state index is 0.533. The van der Waals surface area contributed by atoms with Crippen LogP contribution in [0.3, 0.4) is 0 Å². The summed E-state index contributed by atoms with van der Waals surface area (Å²) in [5, 5.41) is 0. The Labute approximate surface area is 120 Å². The van der Waals surface area contributed by atoms with Crippen molar-refractivity contribution in [2.75, 3.05) is 25.2 Å². The van der Waals surface area contributed by atoms with E-state index in [2.05, 4.69) is 65.4 Å². The maximum atomic E-state index is 2.59. The maximum absolute atomic E-state index is 2.59. The lowest BCUT2D eigenvalue weighted by Crippen LogP contribution is -2.44. The molecule has 0 spiro atoms. The summed E-state index contributed by atoms with van der Waals surface area (Å²) in [6.45, 7) is 2.20. The van der Waals surface area contributed by atoms with Crippen LogP contribution >= 0.6 is 0 Å². The largest absolute Gasteiger partial charge is 0.351 e. The molecule has 0 N–H and O–H groups in total. The van der Waals surface area contributed by atoms with Crippen molar-refractivity contribution in [3.8, 4) is 0 Å². The lowest BCUT2D eigenvalue weighted by molar-refractivity contribution is 0.257. The Balaban J connectivity index is 1.90. The van der Waals surface area contributed by atoms with Crippen LogP contribution in [0.25, 0.3) is 0 Å². The lowest BCUT2D eigenvalue weighted by atomic mass is 9.95. The van der Waals surface area contributed by atoms with Gasteiger partial charge < -0.3 is 4.90 Å². The van der Waals surface area contributed by atoms with Crippen molar-refractivity contribution >= 4 is 5.69 Å². The highest BCUT2D eigenvalue weighted by Gasteiger charge is 2.31. The van der Waals surface area contributed by atoms with Crippen LogP contribution < -0.4 is 4.90 Å². The van der Waals surface area contributed by atoms with Gasteiger partial charge in [0.1, 0.15) is 0 Å². The smallest absolute Gasteiger partial charge is 0.0711 e. The molecule has 0 saturated carbocycles. The molecule has 4 rings (SSSR count). The number of fused-ring (bicyclic) bond motifs is 5. The van der Waals surface area contributed by atoms with Crippen molar-refractivity contribution in [2.45, 2.75) is 18.9 Å². The third kappa shape index (κ3) is 1.83. The van der Waals surface area contributed by atoms with Gasteiger partial charge in [-0.25, -0.2) is 0 Å². The Morgan fingerprint density at radius 1 is 0.950 bits per heavy atom. The Bertz CT molecular complexity index is 635.